The largest absolute Gasteiger partial charge is 0.305 e. The van der Waals surface area contributed by atoms with E-state index in [-0.39, 0.29) is 17.8 Å². The van der Waals surface area contributed by atoms with Crippen LogP contribution >= 0.6 is 0 Å². The molecule has 1 aromatic heterocycles. The summed E-state index contributed by atoms with van der Waals surface area (Å²) in [5.41, 5.74) is 4.80. The lowest BCUT2D eigenvalue weighted by atomic mass is 9.94. The van der Waals surface area contributed by atoms with Crippen molar-refractivity contribution in [2.75, 3.05) is 4.90 Å². The molecule has 0 fully saturated rings. The van der Waals surface area contributed by atoms with Crippen LogP contribution in [0.15, 0.2) is 78.9 Å². The van der Waals surface area contributed by atoms with E-state index in [1.165, 1.54) is 6.07 Å². The van der Waals surface area contributed by atoms with Gasteiger partial charge >= 0.3 is 0 Å². The predicted molar refractivity (Wildman–Crippen MR) is 118 cm³/mol. The summed E-state index contributed by atoms with van der Waals surface area (Å²) >= 11 is 0. The van der Waals surface area contributed by atoms with E-state index in [1.54, 1.807) is 12.1 Å². The Bertz CT molecular complexity index is 1250. The standard InChI is InChI=1S/C26H21FN2O/c1-17-11-12-19-15-20(27)13-14-25(19)29(17)26(30)22-16-24(18-7-3-2-4-8-18)28-23-10-6-5-9-21(22)23/h2-10,13-17H,11-12H2,1H3. The first kappa shape index (κ1) is 18.5. The topological polar surface area (TPSA) is 33.2 Å². The third kappa shape index (κ3) is 3.14. The van der Waals surface area contributed by atoms with Crippen molar-refractivity contribution in [3.05, 3.63) is 95.8 Å². The van der Waals surface area contributed by atoms with Gasteiger partial charge in [0.05, 0.1) is 16.8 Å². The van der Waals surface area contributed by atoms with E-state index >= 15 is 0 Å². The highest BCUT2D eigenvalue weighted by Crippen LogP contribution is 2.34. The summed E-state index contributed by atoms with van der Waals surface area (Å²) in [7, 11) is 0. The molecule has 1 unspecified atom stereocenters. The second-order valence-corrected chi connectivity index (χ2v) is 7.77. The van der Waals surface area contributed by atoms with E-state index in [4.69, 9.17) is 4.98 Å². The predicted octanol–water partition coefficient (Wildman–Crippen LogP) is 6.02. The second kappa shape index (κ2) is 7.38. The third-order valence-electron chi connectivity index (χ3n) is 5.81. The fourth-order valence-electron chi connectivity index (χ4n) is 4.27. The van der Waals surface area contributed by atoms with Crippen molar-refractivity contribution in [1.29, 1.82) is 0 Å². The van der Waals surface area contributed by atoms with Gasteiger partial charge in [-0.1, -0.05) is 48.5 Å². The molecule has 4 heteroatoms. The number of carbonyl (C=O) groups excluding carboxylic acids is 1. The first-order valence-electron chi connectivity index (χ1n) is 10.2. The number of benzene rings is 3. The van der Waals surface area contributed by atoms with Gasteiger partial charge in [0.25, 0.3) is 5.91 Å². The zero-order valence-electron chi connectivity index (χ0n) is 16.7. The first-order chi connectivity index (χ1) is 14.6. The molecule has 0 radical (unpaired) electrons. The minimum Gasteiger partial charge on any atom is -0.305 e. The van der Waals surface area contributed by atoms with Crippen LogP contribution in [-0.2, 0) is 6.42 Å². The molecule has 1 amide bonds. The van der Waals surface area contributed by atoms with Gasteiger partial charge in [0.2, 0.25) is 0 Å². The highest BCUT2D eigenvalue weighted by atomic mass is 19.1. The lowest BCUT2D eigenvalue weighted by molar-refractivity contribution is 0.0976. The molecule has 0 saturated carbocycles. The quantitative estimate of drug-likeness (QED) is 0.415. The summed E-state index contributed by atoms with van der Waals surface area (Å²) in [4.78, 5) is 20.5. The number of pyridine rings is 1. The van der Waals surface area contributed by atoms with Gasteiger partial charge in [0.1, 0.15) is 5.82 Å². The maximum absolute atomic E-state index is 13.9. The van der Waals surface area contributed by atoms with Crippen molar-refractivity contribution >= 4 is 22.5 Å². The second-order valence-electron chi connectivity index (χ2n) is 7.77. The molecule has 5 rings (SSSR count). The smallest absolute Gasteiger partial charge is 0.259 e. The lowest BCUT2D eigenvalue weighted by Crippen LogP contribution is -2.42. The molecule has 0 saturated heterocycles. The van der Waals surface area contributed by atoms with Crippen molar-refractivity contribution in [1.82, 2.24) is 4.98 Å². The average Bonchev–Trinajstić information content (AvgIpc) is 2.78. The maximum atomic E-state index is 13.9. The number of nitrogens with zero attached hydrogens (tertiary/aromatic N) is 2. The monoisotopic (exact) mass is 396 g/mol. The van der Waals surface area contributed by atoms with Crippen molar-refractivity contribution in [3.63, 3.8) is 0 Å². The molecule has 2 heterocycles. The zero-order valence-corrected chi connectivity index (χ0v) is 16.7. The summed E-state index contributed by atoms with van der Waals surface area (Å²) in [6, 6.07) is 24.2. The number of carbonyl (C=O) groups is 1. The first-order valence-corrected chi connectivity index (χ1v) is 10.2. The van der Waals surface area contributed by atoms with Crippen LogP contribution in [0.5, 0.6) is 0 Å². The molecule has 1 atom stereocenters. The van der Waals surface area contributed by atoms with Gasteiger partial charge in [-0.25, -0.2) is 9.37 Å². The molecule has 0 N–H and O–H groups in total. The van der Waals surface area contributed by atoms with Crippen LogP contribution in [0.3, 0.4) is 0 Å². The number of anilines is 1. The Kier molecular flexibility index (Phi) is 4.55. The molecular weight excluding hydrogens is 375 g/mol. The number of rotatable bonds is 2. The van der Waals surface area contributed by atoms with Crippen LogP contribution in [0.25, 0.3) is 22.2 Å². The van der Waals surface area contributed by atoms with Crippen molar-refractivity contribution in [2.45, 2.75) is 25.8 Å². The number of aromatic nitrogens is 1. The summed E-state index contributed by atoms with van der Waals surface area (Å²) in [5.74, 6) is -0.345. The molecule has 1 aliphatic rings. The van der Waals surface area contributed by atoms with E-state index in [9.17, 15) is 9.18 Å². The molecule has 3 aromatic carbocycles. The van der Waals surface area contributed by atoms with Crippen molar-refractivity contribution in [2.24, 2.45) is 0 Å². The third-order valence-corrected chi connectivity index (χ3v) is 5.81. The van der Waals surface area contributed by atoms with E-state index in [0.717, 1.165) is 46.3 Å². The van der Waals surface area contributed by atoms with Crippen molar-refractivity contribution < 1.29 is 9.18 Å². The van der Waals surface area contributed by atoms with Crippen LogP contribution in [-0.4, -0.2) is 16.9 Å². The van der Waals surface area contributed by atoms with E-state index in [1.807, 2.05) is 72.5 Å². The number of para-hydroxylation sites is 1. The van der Waals surface area contributed by atoms with Gasteiger partial charge in [-0.3, -0.25) is 4.79 Å². The van der Waals surface area contributed by atoms with Crippen LogP contribution in [0.4, 0.5) is 10.1 Å². The number of halogens is 1. The lowest BCUT2D eigenvalue weighted by Gasteiger charge is -2.35. The Hall–Kier alpha value is -3.53. The normalized spacial score (nSPS) is 15.8. The minimum atomic E-state index is -0.267. The molecule has 0 aliphatic carbocycles. The van der Waals surface area contributed by atoms with Gasteiger partial charge in [0, 0.05) is 22.7 Å². The number of hydrogen-bond acceptors (Lipinski definition) is 2. The molecule has 0 spiro atoms. The number of amides is 1. The van der Waals surface area contributed by atoms with Gasteiger partial charge in [-0.15, -0.1) is 0 Å². The minimum absolute atomic E-state index is 0.0302. The van der Waals surface area contributed by atoms with Gasteiger partial charge in [-0.2, -0.15) is 0 Å². The van der Waals surface area contributed by atoms with Crippen molar-refractivity contribution in [3.8, 4) is 11.3 Å². The zero-order chi connectivity index (χ0) is 20.7. The number of aryl methyl sites for hydroxylation is 1. The van der Waals surface area contributed by atoms with Crippen LogP contribution in [0.2, 0.25) is 0 Å². The molecule has 4 aromatic rings. The van der Waals surface area contributed by atoms with Gasteiger partial charge in [-0.05, 0) is 55.7 Å². The highest BCUT2D eigenvalue weighted by molar-refractivity contribution is 6.15. The fourth-order valence-corrected chi connectivity index (χ4v) is 4.27. The van der Waals surface area contributed by atoms with Crippen LogP contribution in [0.1, 0.15) is 29.3 Å². The Balaban J connectivity index is 1.69. The maximum Gasteiger partial charge on any atom is 0.259 e. The Morgan fingerprint density at radius 1 is 1.00 bits per heavy atom. The summed E-state index contributed by atoms with van der Waals surface area (Å²) < 4.78 is 13.8. The Labute approximate surface area is 174 Å². The highest BCUT2D eigenvalue weighted by Gasteiger charge is 2.30. The molecule has 1 aliphatic heterocycles. The summed E-state index contributed by atoms with van der Waals surface area (Å²) in [6.07, 6.45) is 1.57. The van der Waals surface area contributed by atoms with Gasteiger partial charge < -0.3 is 4.90 Å². The van der Waals surface area contributed by atoms with Crippen LogP contribution in [0, 0.1) is 5.82 Å². The SMILES string of the molecule is CC1CCc2cc(F)ccc2N1C(=O)c1cc(-c2ccccc2)nc2ccccc12. The summed E-state index contributed by atoms with van der Waals surface area (Å²) in [6.45, 7) is 2.05. The van der Waals surface area contributed by atoms with Crippen LogP contribution < -0.4 is 4.90 Å². The molecular formula is C26H21FN2O. The number of hydrogen-bond donors (Lipinski definition) is 0. The average molecular weight is 396 g/mol. The Morgan fingerprint density at radius 2 is 1.77 bits per heavy atom. The van der Waals surface area contributed by atoms with E-state index in [0.29, 0.717) is 5.56 Å². The molecule has 148 valence electrons. The van der Waals surface area contributed by atoms with Gasteiger partial charge in [0.15, 0.2) is 0 Å². The summed E-state index contributed by atoms with van der Waals surface area (Å²) in [5, 5.41) is 0.823. The fraction of sp³-hybridized carbons (Fsp3) is 0.154. The number of fused-ring (bicyclic) bond motifs is 2. The Morgan fingerprint density at radius 3 is 2.60 bits per heavy atom. The molecule has 3 nitrogen and oxygen atoms in total. The van der Waals surface area contributed by atoms with E-state index in [2.05, 4.69) is 0 Å². The molecule has 30 heavy (non-hydrogen) atoms. The van der Waals surface area contributed by atoms with E-state index < -0.39 is 0 Å². The molecule has 0 bridgehead atoms.